The lowest BCUT2D eigenvalue weighted by molar-refractivity contribution is 0.280. The van der Waals surface area contributed by atoms with Crippen LogP contribution in [0, 0.1) is 5.92 Å². The summed E-state index contributed by atoms with van der Waals surface area (Å²) in [5.41, 5.74) is 0. The number of hydrogen-bond donors (Lipinski definition) is 1. The summed E-state index contributed by atoms with van der Waals surface area (Å²) in [6.07, 6.45) is 8.30. The van der Waals surface area contributed by atoms with Crippen molar-refractivity contribution in [2.45, 2.75) is 45.1 Å². The van der Waals surface area contributed by atoms with Crippen LogP contribution in [0.5, 0.6) is 0 Å². The zero-order valence-corrected chi connectivity index (χ0v) is 9.54. The van der Waals surface area contributed by atoms with E-state index in [0.717, 1.165) is 30.7 Å². The Morgan fingerprint density at radius 2 is 2.27 bits per heavy atom. The van der Waals surface area contributed by atoms with Crippen molar-refractivity contribution in [2.24, 2.45) is 5.92 Å². The van der Waals surface area contributed by atoms with E-state index in [1.807, 2.05) is 12.1 Å². The van der Waals surface area contributed by atoms with Gasteiger partial charge in [0.25, 0.3) is 0 Å². The predicted molar refractivity (Wildman–Crippen MR) is 61.8 cm³/mol. The van der Waals surface area contributed by atoms with E-state index in [-0.39, 0.29) is 0 Å². The summed E-state index contributed by atoms with van der Waals surface area (Å²) in [6.45, 7) is 3.41. The third kappa shape index (κ3) is 3.10. The quantitative estimate of drug-likeness (QED) is 0.821. The van der Waals surface area contributed by atoms with Gasteiger partial charge in [-0.25, -0.2) is 0 Å². The SMILES string of the molecule is CC1CCCCC1NCCc1ccco1. The van der Waals surface area contributed by atoms with Gasteiger partial charge in [-0.2, -0.15) is 0 Å². The van der Waals surface area contributed by atoms with Gasteiger partial charge in [0.1, 0.15) is 5.76 Å². The molecule has 1 aromatic rings. The highest BCUT2D eigenvalue weighted by molar-refractivity contribution is 4.98. The smallest absolute Gasteiger partial charge is 0.105 e. The molecule has 0 aliphatic heterocycles. The molecule has 0 spiro atoms. The van der Waals surface area contributed by atoms with E-state index in [4.69, 9.17) is 4.42 Å². The van der Waals surface area contributed by atoms with Gasteiger partial charge in [-0.1, -0.05) is 19.8 Å². The van der Waals surface area contributed by atoms with E-state index in [2.05, 4.69) is 12.2 Å². The van der Waals surface area contributed by atoms with Gasteiger partial charge in [0, 0.05) is 19.0 Å². The Kier molecular flexibility index (Phi) is 3.84. The summed E-state index contributed by atoms with van der Waals surface area (Å²) in [6, 6.07) is 4.73. The maximum Gasteiger partial charge on any atom is 0.105 e. The lowest BCUT2D eigenvalue weighted by Gasteiger charge is -2.29. The highest BCUT2D eigenvalue weighted by atomic mass is 16.3. The first kappa shape index (κ1) is 10.7. The van der Waals surface area contributed by atoms with E-state index in [1.165, 1.54) is 25.7 Å². The fourth-order valence-corrected chi connectivity index (χ4v) is 2.46. The predicted octanol–water partition coefficient (Wildman–Crippen LogP) is 2.99. The molecular formula is C13H21NO. The molecule has 1 aliphatic carbocycles. The summed E-state index contributed by atoms with van der Waals surface area (Å²) in [5, 5.41) is 3.65. The van der Waals surface area contributed by atoms with Crippen LogP contribution >= 0.6 is 0 Å². The number of furan rings is 1. The second kappa shape index (κ2) is 5.36. The van der Waals surface area contributed by atoms with Crippen molar-refractivity contribution in [3.05, 3.63) is 24.2 Å². The van der Waals surface area contributed by atoms with Crippen molar-refractivity contribution in [2.75, 3.05) is 6.54 Å². The van der Waals surface area contributed by atoms with Gasteiger partial charge in [0.2, 0.25) is 0 Å². The van der Waals surface area contributed by atoms with Crippen molar-refractivity contribution in [1.82, 2.24) is 5.32 Å². The maximum atomic E-state index is 5.31. The summed E-state index contributed by atoms with van der Waals surface area (Å²) >= 11 is 0. The van der Waals surface area contributed by atoms with Gasteiger partial charge in [0.05, 0.1) is 6.26 Å². The van der Waals surface area contributed by atoms with Crippen molar-refractivity contribution in [3.63, 3.8) is 0 Å². The minimum Gasteiger partial charge on any atom is -0.469 e. The van der Waals surface area contributed by atoms with Gasteiger partial charge < -0.3 is 9.73 Å². The molecule has 0 radical (unpaired) electrons. The summed E-state index contributed by atoms with van der Waals surface area (Å²) in [5.74, 6) is 1.93. The molecule has 0 amide bonds. The van der Waals surface area contributed by atoms with Crippen LogP contribution in [0.25, 0.3) is 0 Å². The highest BCUT2D eigenvalue weighted by Crippen LogP contribution is 2.23. The first-order chi connectivity index (χ1) is 7.36. The molecule has 2 rings (SSSR count). The van der Waals surface area contributed by atoms with Gasteiger partial charge in [-0.05, 0) is 30.9 Å². The molecule has 0 saturated heterocycles. The lowest BCUT2D eigenvalue weighted by Crippen LogP contribution is -2.38. The molecule has 1 heterocycles. The first-order valence-electron chi connectivity index (χ1n) is 6.12. The third-order valence-electron chi connectivity index (χ3n) is 3.47. The highest BCUT2D eigenvalue weighted by Gasteiger charge is 2.20. The van der Waals surface area contributed by atoms with Crippen LogP contribution < -0.4 is 5.32 Å². The van der Waals surface area contributed by atoms with E-state index >= 15 is 0 Å². The van der Waals surface area contributed by atoms with E-state index in [9.17, 15) is 0 Å². The molecule has 0 bridgehead atoms. The minimum atomic E-state index is 0.730. The normalized spacial score (nSPS) is 26.7. The standard InChI is InChI=1S/C13H21NO/c1-11-5-2-3-7-13(11)14-9-8-12-6-4-10-15-12/h4,6,10-11,13-14H,2-3,5,7-9H2,1H3. The van der Waals surface area contributed by atoms with Crippen LogP contribution in [0.1, 0.15) is 38.4 Å². The summed E-state index contributed by atoms with van der Waals surface area (Å²) in [7, 11) is 0. The Bertz CT molecular complexity index is 268. The van der Waals surface area contributed by atoms with Crippen LogP contribution in [0.4, 0.5) is 0 Å². The van der Waals surface area contributed by atoms with Crippen molar-refractivity contribution < 1.29 is 4.42 Å². The zero-order chi connectivity index (χ0) is 10.5. The van der Waals surface area contributed by atoms with Crippen LogP contribution in [0.2, 0.25) is 0 Å². The second-order valence-corrected chi connectivity index (χ2v) is 4.65. The molecule has 2 heteroatoms. The van der Waals surface area contributed by atoms with Crippen molar-refractivity contribution >= 4 is 0 Å². The molecular weight excluding hydrogens is 186 g/mol. The molecule has 1 N–H and O–H groups in total. The minimum absolute atomic E-state index is 0.730. The van der Waals surface area contributed by atoms with Crippen molar-refractivity contribution in [3.8, 4) is 0 Å². The Morgan fingerprint density at radius 1 is 1.40 bits per heavy atom. The average Bonchev–Trinajstić information content (AvgIpc) is 2.74. The van der Waals surface area contributed by atoms with Gasteiger partial charge >= 0.3 is 0 Å². The first-order valence-corrected chi connectivity index (χ1v) is 6.12. The number of nitrogens with one attached hydrogen (secondary N) is 1. The summed E-state index contributed by atoms with van der Waals surface area (Å²) < 4.78 is 5.31. The molecule has 1 saturated carbocycles. The third-order valence-corrected chi connectivity index (χ3v) is 3.47. The molecule has 15 heavy (non-hydrogen) atoms. The second-order valence-electron chi connectivity index (χ2n) is 4.65. The Hall–Kier alpha value is -0.760. The van der Waals surface area contributed by atoms with E-state index < -0.39 is 0 Å². The molecule has 2 unspecified atom stereocenters. The number of rotatable bonds is 4. The van der Waals surface area contributed by atoms with Crippen LogP contribution in [0.15, 0.2) is 22.8 Å². The van der Waals surface area contributed by atoms with Crippen LogP contribution in [-0.2, 0) is 6.42 Å². The van der Waals surface area contributed by atoms with Crippen LogP contribution in [0.3, 0.4) is 0 Å². The molecule has 2 nitrogen and oxygen atoms in total. The van der Waals surface area contributed by atoms with Crippen molar-refractivity contribution in [1.29, 1.82) is 0 Å². The van der Waals surface area contributed by atoms with E-state index in [1.54, 1.807) is 6.26 Å². The molecule has 84 valence electrons. The van der Waals surface area contributed by atoms with E-state index in [0.29, 0.717) is 0 Å². The van der Waals surface area contributed by atoms with Crippen LogP contribution in [-0.4, -0.2) is 12.6 Å². The molecule has 1 fully saturated rings. The lowest BCUT2D eigenvalue weighted by atomic mass is 9.86. The summed E-state index contributed by atoms with van der Waals surface area (Å²) in [4.78, 5) is 0. The Morgan fingerprint density at radius 3 is 3.00 bits per heavy atom. The largest absolute Gasteiger partial charge is 0.469 e. The van der Waals surface area contributed by atoms with Gasteiger partial charge in [-0.15, -0.1) is 0 Å². The molecule has 1 aliphatic rings. The zero-order valence-electron chi connectivity index (χ0n) is 9.54. The Balaban J connectivity index is 1.68. The maximum absolute atomic E-state index is 5.31. The fourth-order valence-electron chi connectivity index (χ4n) is 2.46. The Labute approximate surface area is 92.1 Å². The average molecular weight is 207 g/mol. The fraction of sp³-hybridized carbons (Fsp3) is 0.692. The molecule has 1 aromatic heterocycles. The monoisotopic (exact) mass is 207 g/mol. The molecule has 2 atom stereocenters. The number of hydrogen-bond acceptors (Lipinski definition) is 2. The topological polar surface area (TPSA) is 25.2 Å². The van der Waals surface area contributed by atoms with Gasteiger partial charge in [-0.3, -0.25) is 0 Å². The molecule has 0 aromatic carbocycles. The van der Waals surface area contributed by atoms with Gasteiger partial charge in [0.15, 0.2) is 0 Å².